The van der Waals surface area contributed by atoms with E-state index in [1.807, 2.05) is 61.5 Å². The Bertz CT molecular complexity index is 1040. The zero-order valence-electron chi connectivity index (χ0n) is 16.8. The van der Waals surface area contributed by atoms with Crippen LogP contribution in [-0.4, -0.2) is 18.9 Å². The monoisotopic (exact) mass is 545 g/mol. The van der Waals surface area contributed by atoms with Crippen LogP contribution in [0.25, 0.3) is 0 Å². The van der Waals surface area contributed by atoms with Gasteiger partial charge in [0.05, 0.1) is 12.8 Å². The number of halogens is 2. The molecule has 0 unspecified atom stereocenters. The van der Waals surface area contributed by atoms with Gasteiger partial charge in [-0.15, -0.1) is 0 Å². The van der Waals surface area contributed by atoms with Gasteiger partial charge in [-0.1, -0.05) is 46.3 Å². The highest BCUT2D eigenvalue weighted by Crippen LogP contribution is 2.33. The third-order valence-corrected chi connectivity index (χ3v) is 5.29. The second kappa shape index (κ2) is 11.5. The molecule has 2 amide bonds. The first-order valence-corrected chi connectivity index (χ1v) is 11.1. The van der Waals surface area contributed by atoms with Gasteiger partial charge in [-0.25, -0.2) is 10.2 Å². The van der Waals surface area contributed by atoms with Gasteiger partial charge in [-0.05, 0) is 64.8 Å². The van der Waals surface area contributed by atoms with Crippen LogP contribution < -0.4 is 20.2 Å². The van der Waals surface area contributed by atoms with Gasteiger partial charge in [0.15, 0.2) is 11.5 Å². The van der Waals surface area contributed by atoms with E-state index in [0.29, 0.717) is 30.4 Å². The first kappa shape index (κ1) is 22.8. The Hall–Kier alpha value is -2.84. The third kappa shape index (κ3) is 7.11. The lowest BCUT2D eigenvalue weighted by Crippen LogP contribution is -2.24. The minimum atomic E-state index is -0.442. The second-order valence-electron chi connectivity index (χ2n) is 6.36. The van der Waals surface area contributed by atoms with E-state index in [2.05, 4.69) is 47.7 Å². The number of carbonyl (C=O) groups excluding carboxylic acids is 1. The van der Waals surface area contributed by atoms with Gasteiger partial charge in [0, 0.05) is 20.2 Å². The molecule has 8 heteroatoms. The molecule has 0 heterocycles. The average molecular weight is 547 g/mol. The number of urea groups is 1. The fourth-order valence-corrected chi connectivity index (χ4v) is 3.31. The number of benzene rings is 3. The first-order valence-electron chi connectivity index (χ1n) is 9.54. The van der Waals surface area contributed by atoms with Crippen LogP contribution in [0.5, 0.6) is 11.5 Å². The molecule has 0 saturated carbocycles. The van der Waals surface area contributed by atoms with Crippen molar-refractivity contribution < 1.29 is 14.3 Å². The van der Waals surface area contributed by atoms with Gasteiger partial charge >= 0.3 is 6.03 Å². The summed E-state index contributed by atoms with van der Waals surface area (Å²) in [4.78, 5) is 12.0. The van der Waals surface area contributed by atoms with E-state index in [9.17, 15) is 4.79 Å². The zero-order chi connectivity index (χ0) is 22.1. The largest absolute Gasteiger partial charge is 0.490 e. The molecule has 0 spiro atoms. The topological polar surface area (TPSA) is 72.0 Å². The van der Waals surface area contributed by atoms with Crippen molar-refractivity contribution in [2.45, 2.75) is 13.5 Å². The highest BCUT2D eigenvalue weighted by atomic mass is 79.9. The molecule has 2 N–H and O–H groups in total. The zero-order valence-corrected chi connectivity index (χ0v) is 19.9. The fourth-order valence-electron chi connectivity index (χ4n) is 2.62. The van der Waals surface area contributed by atoms with E-state index in [4.69, 9.17) is 9.47 Å². The lowest BCUT2D eigenvalue weighted by molar-refractivity contribution is 0.252. The Labute approximate surface area is 197 Å². The lowest BCUT2D eigenvalue weighted by atomic mass is 10.2. The van der Waals surface area contributed by atoms with Crippen molar-refractivity contribution in [1.29, 1.82) is 0 Å². The van der Waals surface area contributed by atoms with Crippen LogP contribution in [0, 0.1) is 0 Å². The van der Waals surface area contributed by atoms with Crippen molar-refractivity contribution in [3.05, 3.63) is 86.8 Å². The summed E-state index contributed by atoms with van der Waals surface area (Å²) in [5, 5.41) is 6.72. The maximum absolute atomic E-state index is 12.0. The Morgan fingerprint density at radius 1 is 1.00 bits per heavy atom. The lowest BCUT2D eigenvalue weighted by Gasteiger charge is -2.14. The number of amides is 2. The van der Waals surface area contributed by atoms with Crippen LogP contribution in [-0.2, 0) is 6.61 Å². The van der Waals surface area contributed by atoms with Crippen molar-refractivity contribution in [2.75, 3.05) is 11.9 Å². The van der Waals surface area contributed by atoms with E-state index in [0.717, 1.165) is 20.1 Å². The molecule has 0 aromatic heterocycles. The van der Waals surface area contributed by atoms with Crippen molar-refractivity contribution in [2.24, 2.45) is 5.10 Å². The van der Waals surface area contributed by atoms with E-state index < -0.39 is 6.03 Å². The molecule has 0 bridgehead atoms. The summed E-state index contributed by atoms with van der Waals surface area (Å²) in [7, 11) is 0. The molecule has 3 aromatic carbocycles. The van der Waals surface area contributed by atoms with Gasteiger partial charge in [-0.2, -0.15) is 5.10 Å². The summed E-state index contributed by atoms with van der Waals surface area (Å²) in [5.74, 6) is 1.22. The molecule has 31 heavy (non-hydrogen) atoms. The molecule has 6 nitrogen and oxygen atoms in total. The van der Waals surface area contributed by atoms with Crippen molar-refractivity contribution in [3.63, 3.8) is 0 Å². The molecular formula is C23H21Br2N3O3. The predicted molar refractivity (Wildman–Crippen MR) is 130 cm³/mol. The summed E-state index contributed by atoms with van der Waals surface area (Å²) < 4.78 is 13.4. The average Bonchev–Trinajstić information content (AvgIpc) is 2.77. The van der Waals surface area contributed by atoms with E-state index in [-0.39, 0.29) is 0 Å². The third-order valence-electron chi connectivity index (χ3n) is 4.07. The van der Waals surface area contributed by atoms with Gasteiger partial charge < -0.3 is 14.8 Å². The molecule has 3 aromatic rings. The van der Waals surface area contributed by atoms with Gasteiger partial charge in [-0.3, -0.25) is 0 Å². The minimum absolute atomic E-state index is 0.429. The van der Waals surface area contributed by atoms with E-state index >= 15 is 0 Å². The predicted octanol–water partition coefficient (Wildman–Crippen LogP) is 6.34. The van der Waals surface area contributed by atoms with Crippen LogP contribution >= 0.6 is 31.9 Å². The molecular weight excluding hydrogens is 526 g/mol. The van der Waals surface area contributed by atoms with Crippen molar-refractivity contribution in [1.82, 2.24) is 5.43 Å². The van der Waals surface area contributed by atoms with Crippen molar-refractivity contribution in [3.8, 4) is 11.5 Å². The standard InChI is InChI=1S/C23H21Br2N3O3/c1-2-30-21-12-17(14-26-28-23(29)27-19-10-8-18(24)9-11-19)20(25)13-22(21)31-15-16-6-4-3-5-7-16/h3-14H,2,15H2,1H3,(H2,27,28,29)/b26-14-. The summed E-state index contributed by atoms with van der Waals surface area (Å²) >= 11 is 6.88. The normalized spacial score (nSPS) is 10.7. The van der Waals surface area contributed by atoms with Crippen LogP contribution in [0.3, 0.4) is 0 Å². The maximum Gasteiger partial charge on any atom is 0.339 e. The molecule has 0 atom stereocenters. The first-order chi connectivity index (χ1) is 15.0. The second-order valence-corrected chi connectivity index (χ2v) is 8.13. The summed E-state index contributed by atoms with van der Waals surface area (Å²) in [6.45, 7) is 2.83. The van der Waals surface area contributed by atoms with Crippen LogP contribution in [0.1, 0.15) is 18.1 Å². The number of nitrogens with zero attached hydrogens (tertiary/aromatic N) is 1. The molecule has 160 valence electrons. The molecule has 0 radical (unpaired) electrons. The van der Waals surface area contributed by atoms with Crippen LogP contribution in [0.15, 0.2) is 80.8 Å². The van der Waals surface area contributed by atoms with E-state index in [1.54, 1.807) is 12.1 Å². The highest BCUT2D eigenvalue weighted by Gasteiger charge is 2.11. The van der Waals surface area contributed by atoms with Gasteiger partial charge in [0.25, 0.3) is 0 Å². The summed E-state index contributed by atoms with van der Waals surface area (Å²) in [6, 6.07) is 20.4. The number of anilines is 1. The number of hydrogen-bond acceptors (Lipinski definition) is 4. The Balaban J connectivity index is 1.65. The van der Waals surface area contributed by atoms with Gasteiger partial charge in [0.1, 0.15) is 6.61 Å². The smallest absolute Gasteiger partial charge is 0.339 e. The molecule has 0 fully saturated rings. The SMILES string of the molecule is CCOc1cc(/C=N\NC(=O)Nc2ccc(Br)cc2)c(Br)cc1OCc1ccccc1. The number of ether oxygens (including phenoxy) is 2. The van der Waals surface area contributed by atoms with E-state index in [1.165, 1.54) is 6.21 Å². The number of hydrazone groups is 1. The minimum Gasteiger partial charge on any atom is -0.490 e. The number of hydrogen-bond donors (Lipinski definition) is 2. The molecule has 0 saturated heterocycles. The summed E-state index contributed by atoms with van der Waals surface area (Å²) in [5.41, 5.74) is 4.91. The Kier molecular flexibility index (Phi) is 8.49. The number of carbonyl (C=O) groups is 1. The van der Waals surface area contributed by atoms with Crippen LogP contribution in [0.4, 0.5) is 10.5 Å². The summed E-state index contributed by atoms with van der Waals surface area (Å²) in [6.07, 6.45) is 1.54. The highest BCUT2D eigenvalue weighted by molar-refractivity contribution is 9.10. The quantitative estimate of drug-likeness (QED) is 0.255. The Morgan fingerprint density at radius 2 is 1.71 bits per heavy atom. The molecule has 3 rings (SSSR count). The number of rotatable bonds is 8. The Morgan fingerprint density at radius 3 is 2.42 bits per heavy atom. The van der Waals surface area contributed by atoms with Crippen molar-refractivity contribution >= 4 is 49.8 Å². The molecule has 0 aliphatic carbocycles. The molecule has 0 aliphatic rings. The van der Waals surface area contributed by atoms with Gasteiger partial charge in [0.2, 0.25) is 0 Å². The number of nitrogens with one attached hydrogen (secondary N) is 2. The molecule has 0 aliphatic heterocycles. The maximum atomic E-state index is 12.0. The fraction of sp³-hybridized carbons (Fsp3) is 0.130. The van der Waals surface area contributed by atoms with Crippen LogP contribution in [0.2, 0.25) is 0 Å².